The molecule has 0 saturated carbocycles. The van der Waals surface area contributed by atoms with Crippen molar-refractivity contribution in [2.75, 3.05) is 4.90 Å². The molecule has 40 heavy (non-hydrogen) atoms. The van der Waals surface area contributed by atoms with E-state index in [9.17, 15) is 0 Å². The monoisotopic (exact) mass is 510 g/mol. The van der Waals surface area contributed by atoms with Crippen LogP contribution < -0.4 is 4.90 Å². The Labute approximate surface area is 233 Å². The summed E-state index contributed by atoms with van der Waals surface area (Å²) in [5.41, 5.74) is 14.2. The van der Waals surface area contributed by atoms with E-state index in [2.05, 4.69) is 162 Å². The minimum atomic E-state index is 1.13. The number of nitrogens with one attached hydrogen (secondary N) is 1. The van der Waals surface area contributed by atoms with Crippen molar-refractivity contribution in [1.82, 2.24) is 4.98 Å². The zero-order valence-corrected chi connectivity index (χ0v) is 21.9. The van der Waals surface area contributed by atoms with Gasteiger partial charge in [0, 0.05) is 33.3 Å². The number of hydrogen-bond acceptors (Lipinski definition) is 1. The Kier molecular flexibility index (Phi) is 5.17. The van der Waals surface area contributed by atoms with Gasteiger partial charge < -0.3 is 9.88 Å². The standard InChI is InChI=1S/C38H26N2/c1-3-13-26(14-4-1)28-23-29(27-15-5-2-6-16-27)25-30(24-28)40-35-21-11-8-18-32(35)37-31-17-7-10-20-34(31)39-38(37)33-19-9-12-22-36(33)40/h1-25,39H. The summed E-state index contributed by atoms with van der Waals surface area (Å²) in [4.78, 5) is 6.21. The third kappa shape index (κ3) is 3.58. The maximum atomic E-state index is 3.77. The Morgan fingerprint density at radius 3 is 1.62 bits per heavy atom. The van der Waals surface area contributed by atoms with E-state index in [-0.39, 0.29) is 0 Å². The lowest BCUT2D eigenvalue weighted by atomic mass is 9.97. The number of aromatic nitrogens is 1. The number of anilines is 3. The van der Waals surface area contributed by atoms with Gasteiger partial charge in [0.15, 0.2) is 0 Å². The molecule has 1 aliphatic heterocycles. The summed E-state index contributed by atoms with van der Waals surface area (Å²) in [5.74, 6) is 0. The van der Waals surface area contributed by atoms with Crippen molar-refractivity contribution >= 4 is 28.0 Å². The van der Waals surface area contributed by atoms with Crippen LogP contribution in [0.15, 0.2) is 152 Å². The topological polar surface area (TPSA) is 19.0 Å². The Morgan fingerprint density at radius 2 is 0.950 bits per heavy atom. The second kappa shape index (κ2) is 9.14. The lowest BCUT2D eigenvalue weighted by Gasteiger charge is -2.28. The molecular formula is C38H26N2. The highest BCUT2D eigenvalue weighted by Crippen LogP contribution is 2.53. The minimum absolute atomic E-state index is 1.13. The molecular weight excluding hydrogens is 484 g/mol. The highest BCUT2D eigenvalue weighted by atomic mass is 15.2. The summed E-state index contributed by atoms with van der Waals surface area (Å²) in [5, 5.41) is 1.24. The van der Waals surface area contributed by atoms with Gasteiger partial charge in [-0.3, -0.25) is 0 Å². The molecule has 0 fully saturated rings. The Bertz CT molecular complexity index is 1940. The Hall–Kier alpha value is -5.34. The lowest BCUT2D eigenvalue weighted by molar-refractivity contribution is 1.29. The van der Waals surface area contributed by atoms with Crippen LogP contribution in [0, 0.1) is 0 Å². The first-order valence-corrected chi connectivity index (χ1v) is 13.7. The van der Waals surface area contributed by atoms with E-state index in [0.29, 0.717) is 0 Å². The summed E-state index contributed by atoms with van der Waals surface area (Å²) < 4.78 is 0. The molecule has 2 heteroatoms. The Balaban J connectivity index is 1.45. The van der Waals surface area contributed by atoms with Gasteiger partial charge in [-0.05, 0) is 58.7 Å². The smallest absolute Gasteiger partial charge is 0.0566 e. The molecule has 1 N–H and O–H groups in total. The molecule has 0 atom stereocenters. The number of fused-ring (bicyclic) bond motifs is 7. The highest BCUT2D eigenvalue weighted by molar-refractivity contribution is 6.11. The normalized spacial score (nSPS) is 11.9. The van der Waals surface area contributed by atoms with Gasteiger partial charge in [-0.15, -0.1) is 0 Å². The van der Waals surface area contributed by atoms with Crippen LogP contribution in [0.5, 0.6) is 0 Å². The summed E-state index contributed by atoms with van der Waals surface area (Å²) in [6.07, 6.45) is 0. The van der Waals surface area contributed by atoms with Crippen LogP contribution in [0.3, 0.4) is 0 Å². The van der Waals surface area contributed by atoms with E-state index in [1.54, 1.807) is 0 Å². The number of benzene rings is 6. The SMILES string of the molecule is c1ccc(-c2cc(-c3ccccc3)cc(N3c4ccccc4-c4[nH]c5ccccc5c4-c4ccccc43)c2)cc1. The zero-order chi connectivity index (χ0) is 26.5. The quantitative estimate of drug-likeness (QED) is 0.250. The molecule has 6 aromatic carbocycles. The molecule has 0 saturated heterocycles. The number of hydrogen-bond donors (Lipinski definition) is 1. The second-order valence-electron chi connectivity index (χ2n) is 10.3. The first kappa shape index (κ1) is 22.6. The summed E-state index contributed by atoms with van der Waals surface area (Å²) in [6, 6.07) is 54.5. The number of H-pyrrole nitrogens is 1. The summed E-state index contributed by atoms with van der Waals surface area (Å²) in [6.45, 7) is 0. The van der Waals surface area contributed by atoms with Gasteiger partial charge in [0.1, 0.15) is 0 Å². The maximum Gasteiger partial charge on any atom is 0.0566 e. The molecule has 2 nitrogen and oxygen atoms in total. The highest BCUT2D eigenvalue weighted by Gasteiger charge is 2.28. The molecule has 1 aromatic heterocycles. The van der Waals surface area contributed by atoms with Gasteiger partial charge >= 0.3 is 0 Å². The van der Waals surface area contributed by atoms with Gasteiger partial charge in [-0.25, -0.2) is 0 Å². The first-order valence-electron chi connectivity index (χ1n) is 13.7. The molecule has 0 bridgehead atoms. The third-order valence-corrected chi connectivity index (χ3v) is 7.92. The number of nitrogens with zero attached hydrogens (tertiary/aromatic N) is 1. The largest absolute Gasteiger partial charge is 0.354 e. The molecule has 0 aliphatic carbocycles. The van der Waals surface area contributed by atoms with Crippen LogP contribution in [0.25, 0.3) is 55.5 Å². The van der Waals surface area contributed by atoms with Gasteiger partial charge in [0.2, 0.25) is 0 Å². The van der Waals surface area contributed by atoms with Gasteiger partial charge in [0.05, 0.1) is 17.1 Å². The van der Waals surface area contributed by atoms with E-state index in [1.807, 2.05) is 0 Å². The van der Waals surface area contributed by atoms with E-state index in [0.717, 1.165) is 22.6 Å². The maximum absolute atomic E-state index is 3.77. The molecule has 188 valence electrons. The van der Waals surface area contributed by atoms with Crippen LogP contribution in [0.2, 0.25) is 0 Å². The minimum Gasteiger partial charge on any atom is -0.354 e. The molecule has 0 spiro atoms. The molecule has 0 amide bonds. The van der Waals surface area contributed by atoms with Crippen molar-refractivity contribution in [2.24, 2.45) is 0 Å². The molecule has 1 aliphatic rings. The number of rotatable bonds is 3. The van der Waals surface area contributed by atoms with Gasteiger partial charge in [-0.2, -0.15) is 0 Å². The molecule has 0 unspecified atom stereocenters. The van der Waals surface area contributed by atoms with Crippen LogP contribution in [-0.4, -0.2) is 4.98 Å². The fraction of sp³-hybridized carbons (Fsp3) is 0. The van der Waals surface area contributed by atoms with Crippen molar-refractivity contribution in [3.05, 3.63) is 152 Å². The van der Waals surface area contributed by atoms with Crippen molar-refractivity contribution in [2.45, 2.75) is 0 Å². The zero-order valence-electron chi connectivity index (χ0n) is 21.9. The summed E-state index contributed by atoms with van der Waals surface area (Å²) >= 11 is 0. The predicted molar refractivity (Wildman–Crippen MR) is 168 cm³/mol. The average Bonchev–Trinajstić information content (AvgIpc) is 3.36. The van der Waals surface area contributed by atoms with Gasteiger partial charge in [0.25, 0.3) is 0 Å². The van der Waals surface area contributed by atoms with Crippen LogP contribution in [0.4, 0.5) is 17.1 Å². The number of aromatic amines is 1. The average molecular weight is 511 g/mol. The van der Waals surface area contributed by atoms with Crippen molar-refractivity contribution in [1.29, 1.82) is 0 Å². The predicted octanol–water partition coefficient (Wildman–Crippen LogP) is 10.6. The van der Waals surface area contributed by atoms with Crippen LogP contribution in [-0.2, 0) is 0 Å². The van der Waals surface area contributed by atoms with Crippen molar-refractivity contribution < 1.29 is 0 Å². The molecule has 0 radical (unpaired) electrons. The van der Waals surface area contributed by atoms with Gasteiger partial charge in [-0.1, -0.05) is 115 Å². The van der Waals surface area contributed by atoms with Crippen molar-refractivity contribution in [3.63, 3.8) is 0 Å². The molecule has 7 aromatic rings. The van der Waals surface area contributed by atoms with Crippen molar-refractivity contribution in [3.8, 4) is 44.6 Å². The molecule has 2 heterocycles. The number of para-hydroxylation sites is 3. The fourth-order valence-corrected chi connectivity index (χ4v) is 6.13. The molecule has 8 rings (SSSR count). The van der Waals surface area contributed by atoms with Crippen LogP contribution >= 0.6 is 0 Å². The third-order valence-electron chi connectivity index (χ3n) is 7.92. The summed E-state index contributed by atoms with van der Waals surface area (Å²) in [7, 11) is 0. The first-order chi connectivity index (χ1) is 19.8. The van der Waals surface area contributed by atoms with E-state index in [1.165, 1.54) is 50.0 Å². The van der Waals surface area contributed by atoms with E-state index < -0.39 is 0 Å². The van der Waals surface area contributed by atoms with E-state index >= 15 is 0 Å². The van der Waals surface area contributed by atoms with E-state index in [4.69, 9.17) is 0 Å². The van der Waals surface area contributed by atoms with Crippen LogP contribution in [0.1, 0.15) is 0 Å². The lowest BCUT2D eigenvalue weighted by Crippen LogP contribution is -2.11. The fourth-order valence-electron chi connectivity index (χ4n) is 6.13. The Morgan fingerprint density at radius 1 is 0.425 bits per heavy atom. The second-order valence-corrected chi connectivity index (χ2v) is 10.3.